The first-order valence-corrected chi connectivity index (χ1v) is 2.77. The fourth-order valence-electron chi connectivity index (χ4n) is 0.281. The Bertz CT molecular complexity index is 176. The SMILES string of the molecule is C#CC(C)(O)C(C)(O)C#C. The summed E-state index contributed by atoms with van der Waals surface area (Å²) in [4.78, 5) is 0. The van der Waals surface area contributed by atoms with E-state index in [1.807, 2.05) is 11.8 Å². The van der Waals surface area contributed by atoms with Crippen LogP contribution in [0.25, 0.3) is 0 Å². The minimum Gasteiger partial charge on any atom is -0.374 e. The topological polar surface area (TPSA) is 40.5 Å². The van der Waals surface area contributed by atoms with Crippen molar-refractivity contribution in [3.63, 3.8) is 0 Å². The third kappa shape index (κ3) is 1.30. The Balaban J connectivity index is 4.71. The van der Waals surface area contributed by atoms with Crippen LogP contribution in [0.4, 0.5) is 0 Å². The Morgan fingerprint density at radius 2 is 1.20 bits per heavy atom. The highest BCUT2D eigenvalue weighted by molar-refractivity contribution is 5.24. The average Bonchev–Trinajstić information content (AvgIpc) is 1.88. The van der Waals surface area contributed by atoms with E-state index in [0.717, 1.165) is 0 Å². The lowest BCUT2D eigenvalue weighted by Gasteiger charge is -2.29. The predicted octanol–water partition coefficient (Wildman–Crippen LogP) is -0.245. The molecule has 0 aliphatic carbocycles. The van der Waals surface area contributed by atoms with Crippen LogP contribution in [-0.4, -0.2) is 21.4 Å². The molecule has 2 heteroatoms. The van der Waals surface area contributed by atoms with Gasteiger partial charge in [0.25, 0.3) is 0 Å². The van der Waals surface area contributed by atoms with Crippen molar-refractivity contribution in [3.8, 4) is 24.7 Å². The zero-order valence-corrected chi connectivity index (χ0v) is 6.05. The molecular formula is C8H10O2. The van der Waals surface area contributed by atoms with Crippen molar-refractivity contribution in [1.29, 1.82) is 0 Å². The number of rotatable bonds is 1. The molecule has 0 aliphatic rings. The van der Waals surface area contributed by atoms with Gasteiger partial charge in [-0.3, -0.25) is 0 Å². The van der Waals surface area contributed by atoms with Gasteiger partial charge in [-0.05, 0) is 13.8 Å². The summed E-state index contributed by atoms with van der Waals surface area (Å²) in [6.45, 7) is 2.57. The van der Waals surface area contributed by atoms with Crippen LogP contribution < -0.4 is 0 Å². The molecule has 0 aromatic carbocycles. The van der Waals surface area contributed by atoms with Crippen LogP contribution in [0.3, 0.4) is 0 Å². The Morgan fingerprint density at radius 1 is 1.00 bits per heavy atom. The zero-order chi connectivity index (χ0) is 8.41. The van der Waals surface area contributed by atoms with Gasteiger partial charge in [0.2, 0.25) is 0 Å². The lowest BCUT2D eigenvalue weighted by Crippen LogP contribution is -2.47. The molecule has 0 radical (unpaired) electrons. The summed E-state index contributed by atoms with van der Waals surface area (Å²) in [5, 5.41) is 18.4. The first-order valence-electron chi connectivity index (χ1n) is 2.77. The zero-order valence-electron chi connectivity index (χ0n) is 6.05. The number of hydrogen-bond acceptors (Lipinski definition) is 2. The van der Waals surface area contributed by atoms with Crippen LogP contribution in [-0.2, 0) is 0 Å². The van der Waals surface area contributed by atoms with Crippen LogP contribution >= 0.6 is 0 Å². The maximum absolute atomic E-state index is 9.22. The molecule has 54 valence electrons. The summed E-state index contributed by atoms with van der Waals surface area (Å²) in [7, 11) is 0. The van der Waals surface area contributed by atoms with E-state index in [2.05, 4.69) is 0 Å². The fourth-order valence-corrected chi connectivity index (χ4v) is 0.281. The first kappa shape index (κ1) is 9.04. The second-order valence-electron chi connectivity index (χ2n) is 2.43. The van der Waals surface area contributed by atoms with Crippen molar-refractivity contribution in [2.75, 3.05) is 0 Å². The van der Waals surface area contributed by atoms with Gasteiger partial charge in [0.05, 0.1) is 0 Å². The lowest BCUT2D eigenvalue weighted by molar-refractivity contribution is -0.0550. The van der Waals surface area contributed by atoms with Crippen LogP contribution in [0, 0.1) is 24.7 Å². The molecule has 0 rings (SSSR count). The van der Waals surface area contributed by atoms with Gasteiger partial charge >= 0.3 is 0 Å². The highest BCUT2D eigenvalue weighted by Gasteiger charge is 2.38. The summed E-state index contributed by atoms with van der Waals surface area (Å²) in [5.41, 5.74) is -3.33. The van der Waals surface area contributed by atoms with E-state index in [1.54, 1.807) is 0 Å². The van der Waals surface area contributed by atoms with E-state index in [9.17, 15) is 10.2 Å². The minimum absolute atomic E-state index is 1.28. The van der Waals surface area contributed by atoms with Crippen LogP contribution in [0.5, 0.6) is 0 Å². The van der Waals surface area contributed by atoms with Crippen molar-refractivity contribution in [2.24, 2.45) is 0 Å². The maximum atomic E-state index is 9.22. The highest BCUT2D eigenvalue weighted by atomic mass is 16.3. The standard InChI is InChI=1S/C8H10O2/c1-5-7(3,9)8(4,10)6-2/h1-2,9-10H,3-4H3. The molecule has 2 atom stereocenters. The van der Waals surface area contributed by atoms with Crippen molar-refractivity contribution in [1.82, 2.24) is 0 Å². The molecule has 0 aliphatic heterocycles. The average molecular weight is 138 g/mol. The third-order valence-corrected chi connectivity index (χ3v) is 1.51. The Hall–Kier alpha value is -0.960. The first-order chi connectivity index (χ1) is 4.37. The summed E-state index contributed by atoms with van der Waals surface area (Å²) in [6.07, 6.45) is 9.82. The summed E-state index contributed by atoms with van der Waals surface area (Å²) >= 11 is 0. The van der Waals surface area contributed by atoms with Gasteiger partial charge in [-0.2, -0.15) is 0 Å². The van der Waals surface area contributed by atoms with Gasteiger partial charge in [0, 0.05) is 0 Å². The second-order valence-corrected chi connectivity index (χ2v) is 2.43. The van der Waals surface area contributed by atoms with Gasteiger partial charge in [-0.15, -0.1) is 12.8 Å². The van der Waals surface area contributed by atoms with Gasteiger partial charge in [0.15, 0.2) is 11.2 Å². The van der Waals surface area contributed by atoms with Crippen LogP contribution in [0.15, 0.2) is 0 Å². The van der Waals surface area contributed by atoms with E-state index in [1.165, 1.54) is 13.8 Å². The Kier molecular flexibility index (Phi) is 2.12. The minimum atomic E-state index is -1.66. The molecule has 2 N–H and O–H groups in total. The van der Waals surface area contributed by atoms with Crippen molar-refractivity contribution in [3.05, 3.63) is 0 Å². The van der Waals surface area contributed by atoms with Crippen LogP contribution in [0.2, 0.25) is 0 Å². The molecule has 0 heterocycles. The number of hydrogen-bond donors (Lipinski definition) is 2. The van der Waals surface area contributed by atoms with Gasteiger partial charge < -0.3 is 10.2 Å². The molecule has 0 amide bonds. The molecular weight excluding hydrogens is 128 g/mol. The van der Waals surface area contributed by atoms with Gasteiger partial charge in [0.1, 0.15) is 0 Å². The second kappa shape index (κ2) is 2.34. The van der Waals surface area contributed by atoms with E-state index in [-0.39, 0.29) is 0 Å². The Labute approximate surface area is 60.9 Å². The van der Waals surface area contributed by atoms with E-state index in [4.69, 9.17) is 12.8 Å². The number of aliphatic hydroxyl groups is 2. The van der Waals surface area contributed by atoms with Crippen molar-refractivity contribution < 1.29 is 10.2 Å². The van der Waals surface area contributed by atoms with Gasteiger partial charge in [-0.1, -0.05) is 11.8 Å². The largest absolute Gasteiger partial charge is 0.374 e. The van der Waals surface area contributed by atoms with E-state index in [0.29, 0.717) is 0 Å². The molecule has 0 saturated carbocycles. The Morgan fingerprint density at radius 3 is 1.30 bits per heavy atom. The molecule has 0 aromatic rings. The molecule has 10 heavy (non-hydrogen) atoms. The maximum Gasteiger partial charge on any atom is 0.161 e. The van der Waals surface area contributed by atoms with Crippen molar-refractivity contribution in [2.45, 2.75) is 25.0 Å². The molecule has 0 spiro atoms. The number of terminal acetylenes is 2. The fraction of sp³-hybridized carbons (Fsp3) is 0.500. The normalized spacial score (nSPS) is 21.4. The lowest BCUT2D eigenvalue weighted by atomic mass is 9.88. The predicted molar refractivity (Wildman–Crippen MR) is 38.9 cm³/mol. The summed E-state index contributed by atoms with van der Waals surface area (Å²) in [5.74, 6) is 3.99. The molecule has 0 fully saturated rings. The molecule has 0 saturated heterocycles. The van der Waals surface area contributed by atoms with E-state index >= 15 is 0 Å². The monoisotopic (exact) mass is 138 g/mol. The quantitative estimate of drug-likeness (QED) is 0.491. The third-order valence-electron chi connectivity index (χ3n) is 1.51. The highest BCUT2D eigenvalue weighted by Crippen LogP contribution is 2.19. The molecule has 2 unspecified atom stereocenters. The van der Waals surface area contributed by atoms with E-state index < -0.39 is 11.2 Å². The van der Waals surface area contributed by atoms with Crippen molar-refractivity contribution >= 4 is 0 Å². The smallest absolute Gasteiger partial charge is 0.161 e. The summed E-state index contributed by atoms with van der Waals surface area (Å²) in [6, 6.07) is 0. The van der Waals surface area contributed by atoms with Gasteiger partial charge in [-0.25, -0.2) is 0 Å². The molecule has 0 aromatic heterocycles. The molecule has 0 bridgehead atoms. The van der Waals surface area contributed by atoms with Crippen LogP contribution in [0.1, 0.15) is 13.8 Å². The summed E-state index contributed by atoms with van der Waals surface area (Å²) < 4.78 is 0. The molecule has 2 nitrogen and oxygen atoms in total.